The molecule has 0 spiro atoms. The molecule has 1 saturated heterocycles. The van der Waals surface area contributed by atoms with Gasteiger partial charge in [0.15, 0.2) is 0 Å². The minimum absolute atomic E-state index is 0.154. The Morgan fingerprint density at radius 1 is 1.32 bits per heavy atom. The van der Waals surface area contributed by atoms with Gasteiger partial charge in [-0.25, -0.2) is 4.79 Å². The van der Waals surface area contributed by atoms with E-state index in [9.17, 15) is 9.59 Å². The lowest BCUT2D eigenvalue weighted by atomic mass is 9.93. The van der Waals surface area contributed by atoms with Crippen LogP contribution in [0.5, 0.6) is 0 Å². The maximum Gasteiger partial charge on any atom is 0.322 e. The quantitative estimate of drug-likeness (QED) is 0.876. The van der Waals surface area contributed by atoms with Crippen LogP contribution in [0.25, 0.3) is 0 Å². The Kier molecular flexibility index (Phi) is 3.86. The number of rotatable bonds is 2. The van der Waals surface area contributed by atoms with Gasteiger partial charge in [0, 0.05) is 24.4 Å². The van der Waals surface area contributed by atoms with Crippen molar-refractivity contribution in [2.45, 2.75) is 45.3 Å². The maximum atomic E-state index is 12.3. The lowest BCUT2D eigenvalue weighted by molar-refractivity contribution is -0.0383. The van der Waals surface area contributed by atoms with Gasteiger partial charge >= 0.3 is 6.03 Å². The number of anilines is 1. The van der Waals surface area contributed by atoms with Crippen molar-refractivity contribution >= 4 is 28.3 Å². The molecular formula is C15H21N3O3S. The van der Waals surface area contributed by atoms with Gasteiger partial charge < -0.3 is 15.4 Å². The summed E-state index contributed by atoms with van der Waals surface area (Å²) in [4.78, 5) is 26.9. The molecule has 120 valence electrons. The number of likely N-dealkylation sites (tertiary alicyclic amines) is 1. The number of fused-ring (bicyclic) bond motifs is 1. The number of carbonyl (C=O) groups excluding carboxylic acids is 2. The predicted molar refractivity (Wildman–Crippen MR) is 85.2 cm³/mol. The molecule has 3 amide bonds. The van der Waals surface area contributed by atoms with Crippen LogP contribution in [-0.4, -0.2) is 35.5 Å². The monoisotopic (exact) mass is 323 g/mol. The summed E-state index contributed by atoms with van der Waals surface area (Å²) in [7, 11) is 0. The highest BCUT2D eigenvalue weighted by Crippen LogP contribution is 2.40. The van der Waals surface area contributed by atoms with Crippen LogP contribution >= 0.6 is 11.3 Å². The number of hydrogen-bond donors (Lipinski definition) is 2. The first-order chi connectivity index (χ1) is 10.4. The number of carbonyl (C=O) groups is 2. The fourth-order valence-corrected chi connectivity index (χ4v) is 4.12. The van der Waals surface area contributed by atoms with E-state index >= 15 is 0 Å². The first-order valence-corrected chi connectivity index (χ1v) is 8.33. The fourth-order valence-electron chi connectivity index (χ4n) is 3.00. The fraction of sp³-hybridized carbons (Fsp3) is 0.600. The molecular weight excluding hydrogens is 302 g/mol. The maximum absolute atomic E-state index is 12.3. The van der Waals surface area contributed by atoms with E-state index in [1.54, 1.807) is 4.90 Å². The third-order valence-electron chi connectivity index (χ3n) is 4.15. The molecule has 0 bridgehead atoms. The summed E-state index contributed by atoms with van der Waals surface area (Å²) in [6, 6.07) is -0.154. The molecule has 1 aromatic rings. The summed E-state index contributed by atoms with van der Waals surface area (Å²) in [5, 5.41) is 3.42. The molecule has 0 aromatic carbocycles. The van der Waals surface area contributed by atoms with Crippen molar-refractivity contribution in [3.8, 4) is 0 Å². The van der Waals surface area contributed by atoms with E-state index in [0.717, 1.165) is 36.4 Å². The van der Waals surface area contributed by atoms with E-state index in [2.05, 4.69) is 5.32 Å². The van der Waals surface area contributed by atoms with Crippen LogP contribution in [-0.2, 0) is 17.8 Å². The van der Waals surface area contributed by atoms with Crippen molar-refractivity contribution in [2.24, 2.45) is 5.73 Å². The molecule has 0 unspecified atom stereocenters. The van der Waals surface area contributed by atoms with Crippen molar-refractivity contribution in [3.05, 3.63) is 16.0 Å². The second-order valence-electron chi connectivity index (χ2n) is 6.42. The van der Waals surface area contributed by atoms with Gasteiger partial charge in [0.25, 0.3) is 5.91 Å². The van der Waals surface area contributed by atoms with Crippen LogP contribution in [0.15, 0.2) is 0 Å². The Hall–Kier alpha value is -1.60. The van der Waals surface area contributed by atoms with Crippen LogP contribution in [0.1, 0.15) is 47.5 Å². The van der Waals surface area contributed by atoms with Gasteiger partial charge in [0.05, 0.1) is 17.8 Å². The van der Waals surface area contributed by atoms with E-state index in [-0.39, 0.29) is 11.6 Å². The van der Waals surface area contributed by atoms with Crippen LogP contribution < -0.4 is 11.1 Å². The zero-order valence-electron chi connectivity index (χ0n) is 12.9. The van der Waals surface area contributed by atoms with Crippen LogP contribution in [0, 0.1) is 0 Å². The topological polar surface area (TPSA) is 84.7 Å². The Morgan fingerprint density at radius 2 is 2.00 bits per heavy atom. The van der Waals surface area contributed by atoms with Crippen molar-refractivity contribution in [1.29, 1.82) is 0 Å². The molecule has 0 aliphatic carbocycles. The molecule has 1 fully saturated rings. The molecule has 2 aliphatic rings. The normalized spacial score (nSPS) is 19.8. The van der Waals surface area contributed by atoms with Gasteiger partial charge in [-0.1, -0.05) is 0 Å². The van der Waals surface area contributed by atoms with Gasteiger partial charge in [-0.05, 0) is 32.3 Å². The summed E-state index contributed by atoms with van der Waals surface area (Å²) >= 11 is 1.39. The molecule has 22 heavy (non-hydrogen) atoms. The van der Waals surface area contributed by atoms with E-state index < -0.39 is 5.91 Å². The Morgan fingerprint density at radius 3 is 2.64 bits per heavy atom. The lowest BCUT2D eigenvalue weighted by Gasteiger charge is -2.30. The highest BCUT2D eigenvalue weighted by molar-refractivity contribution is 7.17. The SMILES string of the molecule is CC1(C)Cc2c(sc(NC(=O)N3CCCC3)c2C(N)=O)CO1. The molecule has 0 atom stereocenters. The summed E-state index contributed by atoms with van der Waals surface area (Å²) in [6.45, 7) is 5.95. The third-order valence-corrected chi connectivity index (χ3v) is 5.27. The van der Waals surface area contributed by atoms with Gasteiger partial charge in [0.1, 0.15) is 5.00 Å². The molecule has 0 saturated carbocycles. The van der Waals surface area contributed by atoms with E-state index in [4.69, 9.17) is 10.5 Å². The standard InChI is InChI=1S/C15H21N3O3S/c1-15(2)7-9-10(8-21-15)22-13(11(9)12(16)19)17-14(20)18-5-3-4-6-18/h3-8H2,1-2H3,(H2,16,19)(H,17,20). The van der Waals surface area contributed by atoms with Crippen molar-refractivity contribution in [1.82, 2.24) is 4.90 Å². The number of thiophene rings is 1. The third kappa shape index (κ3) is 2.83. The highest BCUT2D eigenvalue weighted by Gasteiger charge is 2.33. The Bertz CT molecular complexity index is 618. The van der Waals surface area contributed by atoms with Crippen molar-refractivity contribution in [2.75, 3.05) is 18.4 Å². The van der Waals surface area contributed by atoms with Gasteiger partial charge in [-0.15, -0.1) is 11.3 Å². The summed E-state index contributed by atoms with van der Waals surface area (Å²) in [5.41, 5.74) is 6.61. The van der Waals surface area contributed by atoms with Gasteiger partial charge in [-0.2, -0.15) is 0 Å². The zero-order valence-corrected chi connectivity index (χ0v) is 13.7. The molecule has 3 rings (SSSR count). The molecule has 1 aromatic heterocycles. The molecule has 0 radical (unpaired) electrons. The van der Waals surface area contributed by atoms with E-state index in [1.807, 2.05) is 13.8 Å². The van der Waals surface area contributed by atoms with Gasteiger partial charge in [-0.3, -0.25) is 10.1 Å². The number of hydrogen-bond acceptors (Lipinski definition) is 4. The number of urea groups is 1. The lowest BCUT2D eigenvalue weighted by Crippen LogP contribution is -2.33. The number of nitrogens with one attached hydrogen (secondary N) is 1. The molecule has 7 heteroatoms. The van der Waals surface area contributed by atoms with Crippen molar-refractivity contribution < 1.29 is 14.3 Å². The minimum Gasteiger partial charge on any atom is -0.370 e. The number of nitrogens with zero attached hydrogens (tertiary/aromatic N) is 1. The average molecular weight is 323 g/mol. The molecule has 3 N–H and O–H groups in total. The van der Waals surface area contributed by atoms with Crippen LogP contribution in [0.3, 0.4) is 0 Å². The van der Waals surface area contributed by atoms with Crippen LogP contribution in [0.2, 0.25) is 0 Å². The van der Waals surface area contributed by atoms with Crippen molar-refractivity contribution in [3.63, 3.8) is 0 Å². The van der Waals surface area contributed by atoms with Gasteiger partial charge in [0.2, 0.25) is 0 Å². The summed E-state index contributed by atoms with van der Waals surface area (Å²) in [5.74, 6) is -0.494. The molecule has 2 aliphatic heterocycles. The number of primary amides is 1. The van der Waals surface area contributed by atoms with Crippen LogP contribution in [0.4, 0.5) is 9.80 Å². The Balaban J connectivity index is 1.89. The first-order valence-electron chi connectivity index (χ1n) is 7.51. The molecule has 3 heterocycles. The molecule has 6 nitrogen and oxygen atoms in total. The number of ether oxygens (including phenoxy) is 1. The predicted octanol–water partition coefficient (Wildman–Crippen LogP) is 2.33. The summed E-state index contributed by atoms with van der Waals surface area (Å²) in [6.07, 6.45) is 2.68. The summed E-state index contributed by atoms with van der Waals surface area (Å²) < 4.78 is 5.78. The second kappa shape index (κ2) is 5.55. The average Bonchev–Trinajstić information content (AvgIpc) is 3.04. The highest BCUT2D eigenvalue weighted by atomic mass is 32.1. The van der Waals surface area contributed by atoms with E-state index in [1.165, 1.54) is 11.3 Å². The second-order valence-corrected chi connectivity index (χ2v) is 7.53. The zero-order chi connectivity index (χ0) is 15.9. The minimum atomic E-state index is -0.494. The smallest absolute Gasteiger partial charge is 0.322 e. The number of nitrogens with two attached hydrogens (primary N) is 1. The van der Waals surface area contributed by atoms with E-state index in [0.29, 0.717) is 23.6 Å². The first kappa shape index (κ1) is 15.3. The largest absolute Gasteiger partial charge is 0.370 e. The Labute approximate surface area is 133 Å². The number of amides is 3.